The number of rotatable bonds is 3. The average molecular weight is 996 g/mol. The van der Waals surface area contributed by atoms with Crippen LogP contribution >= 0.6 is 11.3 Å². The molecule has 5 heteroatoms. The normalized spacial score (nSPS) is 30.6. The van der Waals surface area contributed by atoms with Crippen LogP contribution in [0.3, 0.4) is 0 Å². The fourth-order valence-corrected chi connectivity index (χ4v) is 20.0. The first-order chi connectivity index (χ1) is 34.8. The lowest BCUT2D eigenvalue weighted by molar-refractivity contribution is -0.213. The molecule has 0 atom stereocenters. The van der Waals surface area contributed by atoms with Crippen LogP contribution in [0.5, 0.6) is 0 Å². The second-order valence-electron chi connectivity index (χ2n) is 31.1. The predicted molar refractivity (Wildman–Crippen MR) is 315 cm³/mol. The Morgan fingerprint density at radius 3 is 1.64 bits per heavy atom. The number of aromatic nitrogens is 1. The van der Waals surface area contributed by atoms with E-state index >= 15 is 0 Å². The van der Waals surface area contributed by atoms with Gasteiger partial charge in [-0.1, -0.05) is 127 Å². The lowest BCUT2D eigenvalue weighted by Crippen LogP contribution is -2.66. The molecule has 7 fully saturated rings. The van der Waals surface area contributed by atoms with Crippen LogP contribution in [0, 0.1) is 41.4 Å². The van der Waals surface area contributed by atoms with Crippen LogP contribution in [0.15, 0.2) is 78.9 Å². The molecule has 11 aliphatic rings. The predicted octanol–water partition coefficient (Wildman–Crippen LogP) is 16.6. The molecule has 3 nitrogen and oxygen atoms in total. The molecule has 8 bridgehead atoms. The molecular formula is C69H82BN3S. The summed E-state index contributed by atoms with van der Waals surface area (Å²) in [5.41, 5.74) is 20.4. The fourth-order valence-electron chi connectivity index (χ4n) is 18.7. The maximum atomic E-state index is 6.47. The van der Waals surface area contributed by atoms with Crippen molar-refractivity contribution < 1.29 is 0 Å². The molecule has 7 saturated carbocycles. The zero-order valence-electron chi connectivity index (χ0n) is 47.4. The van der Waals surface area contributed by atoms with E-state index < -0.39 is 0 Å². The van der Waals surface area contributed by atoms with E-state index in [0.717, 1.165) is 41.4 Å². The average Bonchev–Trinajstić information content (AvgIpc) is 3.79. The Kier molecular flexibility index (Phi) is 9.26. The number of benzene rings is 4. The van der Waals surface area contributed by atoms with E-state index in [1.54, 1.807) is 11.1 Å². The Hall–Kier alpha value is -4.35. The van der Waals surface area contributed by atoms with Crippen LogP contribution in [0.25, 0.3) is 10.1 Å². The SMILES string of the molecule is CC(C)(C)c1ccc(N2c3nc([C@]45CC6C7CC8C[C@@H]6C(C4)[C@@H](C8)C7C5)cc4c3B(c3cc5c(cc3N4c3ccc4c(c3)C(C)(C)CCC4(C)C)C(C)(C)CCC5(C)C)c3sc4ccc(C(C)(C)C)cc4c32)cc1. The Morgan fingerprint density at radius 1 is 0.527 bits per heavy atom. The van der Waals surface area contributed by atoms with Crippen LogP contribution in [-0.4, -0.2) is 11.7 Å². The second kappa shape index (κ2) is 14.6. The molecule has 0 unspecified atom stereocenters. The van der Waals surface area contributed by atoms with Gasteiger partial charge in [0.05, 0.1) is 11.4 Å². The minimum Gasteiger partial charge on any atom is -0.311 e. The topological polar surface area (TPSA) is 19.4 Å². The minimum absolute atomic E-state index is 0.0126. The van der Waals surface area contributed by atoms with Crippen LogP contribution in [0.2, 0.25) is 0 Å². The first-order valence-corrected chi connectivity index (χ1v) is 30.3. The molecule has 9 aliphatic carbocycles. The van der Waals surface area contributed by atoms with Crippen molar-refractivity contribution in [2.24, 2.45) is 41.4 Å². The standard InChI is InChI=1S/C69H82BN3S/c1-63(2,3)39-15-18-41(19-16-39)73-60-46-30-40(64(4,5)6)17-22-57(46)74-61(60)70-54-32-52-53(68(13,14)26-25-67(52,11)12)33-55(54)72(42-20-21-50-51(31-42)66(9,10)24-23-65(50,7)8)56-34-58(71-62(73)59(56)70)69-35-47-43-27-38-28-44(47)49(37-69)45(29-38)48(43)36-69/h15-22,30-34,38,43-45,47-49H,23-29,35-37H2,1-14H3/t38?,43-,44-,45?,47?,48?,49?,69-/m1/s1. The smallest absolute Gasteiger partial charge is 0.266 e. The Labute approximate surface area is 448 Å². The first-order valence-electron chi connectivity index (χ1n) is 29.5. The van der Waals surface area contributed by atoms with Gasteiger partial charge in [-0.15, -0.1) is 11.3 Å². The van der Waals surface area contributed by atoms with E-state index in [2.05, 4.69) is 197 Å². The van der Waals surface area contributed by atoms with Crippen molar-refractivity contribution in [2.45, 2.75) is 199 Å². The highest BCUT2D eigenvalue weighted by atomic mass is 32.1. The molecule has 0 amide bonds. The zero-order valence-corrected chi connectivity index (χ0v) is 48.3. The van der Waals surface area contributed by atoms with Crippen molar-refractivity contribution in [2.75, 3.05) is 9.80 Å². The number of pyridine rings is 1. The Bertz CT molecular complexity index is 3340. The van der Waals surface area contributed by atoms with Gasteiger partial charge >= 0.3 is 0 Å². The van der Waals surface area contributed by atoms with Crippen molar-refractivity contribution in [1.82, 2.24) is 4.98 Å². The van der Waals surface area contributed by atoms with Gasteiger partial charge in [0.15, 0.2) is 0 Å². The summed E-state index contributed by atoms with van der Waals surface area (Å²) in [5, 5.41) is 1.38. The molecule has 2 aromatic heterocycles. The largest absolute Gasteiger partial charge is 0.311 e. The highest BCUT2D eigenvalue weighted by molar-refractivity contribution is 7.33. The monoisotopic (exact) mass is 996 g/mol. The summed E-state index contributed by atoms with van der Waals surface area (Å²) in [6.45, 7) is 34.4. The van der Waals surface area contributed by atoms with E-state index in [9.17, 15) is 0 Å². The lowest BCUT2D eigenvalue weighted by atomic mass is 9.32. The van der Waals surface area contributed by atoms with Gasteiger partial charge in [-0.05, 0) is 231 Å². The molecule has 17 rings (SSSR count). The zero-order chi connectivity index (χ0) is 51.3. The maximum Gasteiger partial charge on any atom is 0.266 e. The van der Waals surface area contributed by atoms with Gasteiger partial charge < -0.3 is 4.90 Å². The number of hydrogen-bond donors (Lipinski definition) is 0. The number of thiophene rings is 1. The van der Waals surface area contributed by atoms with E-state index in [0.29, 0.717) is 0 Å². The van der Waals surface area contributed by atoms with Gasteiger partial charge in [-0.3, -0.25) is 4.90 Å². The van der Waals surface area contributed by atoms with Gasteiger partial charge in [0.2, 0.25) is 0 Å². The maximum absolute atomic E-state index is 6.47. The molecule has 382 valence electrons. The summed E-state index contributed by atoms with van der Waals surface area (Å²) in [6, 6.07) is 33.2. The molecule has 0 N–H and O–H groups in total. The van der Waals surface area contributed by atoms with Gasteiger partial charge in [0.25, 0.3) is 6.71 Å². The molecule has 74 heavy (non-hydrogen) atoms. The van der Waals surface area contributed by atoms with Gasteiger partial charge in [0.1, 0.15) is 5.82 Å². The van der Waals surface area contributed by atoms with Crippen LogP contribution in [0.1, 0.15) is 200 Å². The molecule has 0 radical (unpaired) electrons. The van der Waals surface area contributed by atoms with Crippen molar-refractivity contribution >= 4 is 78.1 Å². The first kappa shape index (κ1) is 46.9. The highest BCUT2D eigenvalue weighted by Gasteiger charge is 2.68. The van der Waals surface area contributed by atoms with Crippen molar-refractivity contribution in [3.63, 3.8) is 0 Å². The van der Waals surface area contributed by atoms with Crippen LogP contribution < -0.4 is 25.5 Å². The molecule has 0 spiro atoms. The third kappa shape index (κ3) is 6.29. The summed E-state index contributed by atoms with van der Waals surface area (Å²) in [5.74, 6) is 7.63. The van der Waals surface area contributed by atoms with Gasteiger partial charge in [-0.2, -0.15) is 0 Å². The third-order valence-corrected chi connectivity index (χ3v) is 24.2. The van der Waals surface area contributed by atoms with Crippen LogP contribution in [0.4, 0.5) is 34.3 Å². The van der Waals surface area contributed by atoms with Crippen molar-refractivity contribution in [3.8, 4) is 0 Å². The van der Waals surface area contributed by atoms with E-state index in [4.69, 9.17) is 4.98 Å². The van der Waals surface area contributed by atoms with Gasteiger partial charge in [-0.25, -0.2) is 4.98 Å². The summed E-state index contributed by atoms with van der Waals surface area (Å²) in [6.07, 6.45) is 13.3. The highest BCUT2D eigenvalue weighted by Crippen LogP contribution is 2.74. The number of anilines is 6. The summed E-state index contributed by atoms with van der Waals surface area (Å²) < 4.78 is 2.85. The summed E-state index contributed by atoms with van der Waals surface area (Å²) >= 11 is 2.06. The van der Waals surface area contributed by atoms with E-state index in [1.807, 2.05) is 0 Å². The molecule has 4 heterocycles. The lowest BCUT2D eigenvalue weighted by Gasteiger charge is -2.72. The quantitative estimate of drug-likeness (QED) is 0.164. The van der Waals surface area contributed by atoms with E-state index in [-0.39, 0.29) is 44.6 Å². The number of hydrogen-bond acceptors (Lipinski definition) is 4. The number of nitrogens with zero attached hydrogens (tertiary/aromatic N) is 3. The molecule has 4 aromatic carbocycles. The third-order valence-electron chi connectivity index (χ3n) is 23.0. The Balaban J connectivity index is 1.07. The summed E-state index contributed by atoms with van der Waals surface area (Å²) in [4.78, 5) is 12.0. The summed E-state index contributed by atoms with van der Waals surface area (Å²) in [7, 11) is 0. The van der Waals surface area contributed by atoms with E-state index in [1.165, 1.54) is 152 Å². The number of fused-ring (bicyclic) bond motifs is 8. The molecule has 6 aromatic rings. The van der Waals surface area contributed by atoms with Gasteiger partial charge in [0, 0.05) is 43.0 Å². The fraction of sp³-hybridized carbons (Fsp3) is 0.551. The van der Waals surface area contributed by atoms with Crippen LogP contribution in [-0.2, 0) is 37.9 Å². The van der Waals surface area contributed by atoms with Crippen molar-refractivity contribution in [1.29, 1.82) is 0 Å². The van der Waals surface area contributed by atoms with Crippen molar-refractivity contribution in [3.05, 3.63) is 118 Å². The minimum atomic E-state index is 0.0126. The Morgan fingerprint density at radius 2 is 1.05 bits per heavy atom. The molecule has 2 aliphatic heterocycles. The molecule has 0 saturated heterocycles. The molecular weight excluding hydrogens is 914 g/mol. The second-order valence-corrected chi connectivity index (χ2v) is 32.2.